The topological polar surface area (TPSA) is 23.5 Å². The zero-order chi connectivity index (χ0) is 13.2. The number of aliphatic hydroxyl groups excluding tert-OH is 1. The van der Waals surface area contributed by atoms with Crippen molar-refractivity contribution in [3.05, 3.63) is 21.9 Å². The number of likely N-dealkylation sites (tertiary alicyclic amines) is 1. The summed E-state index contributed by atoms with van der Waals surface area (Å²) in [6.07, 6.45) is 4.81. The first-order chi connectivity index (χ1) is 8.51. The van der Waals surface area contributed by atoms with E-state index in [1.807, 2.05) is 0 Å². The molecular weight excluding hydrogens is 242 g/mol. The number of thiophene rings is 1. The van der Waals surface area contributed by atoms with Gasteiger partial charge in [-0.1, -0.05) is 12.8 Å². The van der Waals surface area contributed by atoms with Crippen LogP contribution >= 0.6 is 11.3 Å². The molecule has 0 aliphatic carbocycles. The average Bonchev–Trinajstić information content (AvgIpc) is 2.61. The smallest absolute Gasteiger partial charge is 0.106 e. The van der Waals surface area contributed by atoms with Crippen molar-refractivity contribution in [2.45, 2.75) is 58.1 Å². The first kappa shape index (κ1) is 14.0. The highest BCUT2D eigenvalue weighted by atomic mass is 32.1. The molecule has 1 fully saturated rings. The first-order valence-corrected chi connectivity index (χ1v) is 7.83. The predicted octanol–water partition coefficient (Wildman–Crippen LogP) is 3.74. The largest absolute Gasteiger partial charge is 0.386 e. The van der Waals surface area contributed by atoms with E-state index in [0.29, 0.717) is 0 Å². The molecule has 1 aromatic rings. The summed E-state index contributed by atoms with van der Waals surface area (Å²) in [5.41, 5.74) is -0.165. The van der Waals surface area contributed by atoms with E-state index in [1.165, 1.54) is 30.6 Å². The molecule has 1 aliphatic heterocycles. The summed E-state index contributed by atoms with van der Waals surface area (Å²) in [6, 6.07) is 4.17. The van der Waals surface area contributed by atoms with Gasteiger partial charge in [0.1, 0.15) is 6.10 Å². The standard InChI is InChI=1S/C15H25NOS/c1-12-8-9-13(18-12)14(17)15(2,3)16-10-6-4-5-7-11-16/h8-9,14,17H,4-7,10-11H2,1-3H3. The van der Waals surface area contributed by atoms with E-state index < -0.39 is 0 Å². The van der Waals surface area contributed by atoms with Crippen LogP contribution in [0.15, 0.2) is 12.1 Å². The summed E-state index contributed by atoms with van der Waals surface area (Å²) in [4.78, 5) is 4.84. The summed E-state index contributed by atoms with van der Waals surface area (Å²) in [6.45, 7) is 8.69. The second-order valence-electron chi connectivity index (χ2n) is 5.91. The van der Waals surface area contributed by atoms with Crippen LogP contribution in [0.3, 0.4) is 0 Å². The number of aryl methyl sites for hydroxylation is 1. The third-order valence-corrected chi connectivity index (χ3v) is 5.17. The van der Waals surface area contributed by atoms with Crippen LogP contribution in [0.1, 0.15) is 55.4 Å². The minimum absolute atomic E-state index is 0.165. The minimum atomic E-state index is -0.380. The fourth-order valence-corrected chi connectivity index (χ4v) is 3.81. The van der Waals surface area contributed by atoms with E-state index >= 15 is 0 Å². The van der Waals surface area contributed by atoms with Crippen LogP contribution in [0.25, 0.3) is 0 Å². The number of rotatable bonds is 3. The molecule has 0 bridgehead atoms. The molecule has 2 nitrogen and oxygen atoms in total. The maximum Gasteiger partial charge on any atom is 0.106 e. The molecule has 1 N–H and O–H groups in total. The zero-order valence-corrected chi connectivity index (χ0v) is 12.6. The quantitative estimate of drug-likeness (QED) is 0.901. The van der Waals surface area contributed by atoms with Gasteiger partial charge in [-0.2, -0.15) is 0 Å². The SMILES string of the molecule is Cc1ccc(C(O)C(C)(C)N2CCCCCC2)s1. The number of hydrogen-bond acceptors (Lipinski definition) is 3. The van der Waals surface area contributed by atoms with Crippen molar-refractivity contribution in [2.24, 2.45) is 0 Å². The molecule has 102 valence electrons. The van der Waals surface area contributed by atoms with Gasteiger partial charge in [-0.05, 0) is 58.8 Å². The maximum atomic E-state index is 10.7. The van der Waals surface area contributed by atoms with Crippen molar-refractivity contribution in [2.75, 3.05) is 13.1 Å². The lowest BCUT2D eigenvalue weighted by Gasteiger charge is -2.41. The van der Waals surface area contributed by atoms with Crippen LogP contribution < -0.4 is 0 Å². The van der Waals surface area contributed by atoms with Crippen molar-refractivity contribution in [3.63, 3.8) is 0 Å². The molecule has 0 radical (unpaired) electrons. The van der Waals surface area contributed by atoms with Gasteiger partial charge in [-0.15, -0.1) is 11.3 Å². The van der Waals surface area contributed by atoms with Crippen LogP contribution in [0.4, 0.5) is 0 Å². The predicted molar refractivity (Wildman–Crippen MR) is 78.1 cm³/mol. The molecule has 2 heterocycles. The van der Waals surface area contributed by atoms with Gasteiger partial charge in [0.15, 0.2) is 0 Å². The number of hydrogen-bond donors (Lipinski definition) is 1. The van der Waals surface area contributed by atoms with Gasteiger partial charge in [0.25, 0.3) is 0 Å². The van der Waals surface area contributed by atoms with Crippen LogP contribution in [0.2, 0.25) is 0 Å². The van der Waals surface area contributed by atoms with Gasteiger partial charge in [0.05, 0.1) is 0 Å². The van der Waals surface area contributed by atoms with Crippen molar-refractivity contribution in [3.8, 4) is 0 Å². The van der Waals surface area contributed by atoms with E-state index in [4.69, 9.17) is 0 Å². The Kier molecular flexibility index (Phi) is 4.46. The van der Waals surface area contributed by atoms with Gasteiger partial charge >= 0.3 is 0 Å². The van der Waals surface area contributed by atoms with E-state index in [0.717, 1.165) is 18.0 Å². The fourth-order valence-electron chi connectivity index (χ4n) is 2.77. The average molecular weight is 267 g/mol. The van der Waals surface area contributed by atoms with Crippen molar-refractivity contribution in [1.82, 2.24) is 4.90 Å². The Hall–Kier alpha value is -0.380. The van der Waals surface area contributed by atoms with Crippen molar-refractivity contribution < 1.29 is 5.11 Å². The highest BCUT2D eigenvalue weighted by molar-refractivity contribution is 7.12. The zero-order valence-electron chi connectivity index (χ0n) is 11.8. The minimum Gasteiger partial charge on any atom is -0.386 e. The first-order valence-electron chi connectivity index (χ1n) is 7.01. The van der Waals surface area contributed by atoms with Gasteiger partial charge < -0.3 is 5.11 Å². The third-order valence-electron chi connectivity index (χ3n) is 4.12. The van der Waals surface area contributed by atoms with Crippen molar-refractivity contribution in [1.29, 1.82) is 0 Å². The van der Waals surface area contributed by atoms with Crippen LogP contribution in [-0.2, 0) is 0 Å². The molecule has 18 heavy (non-hydrogen) atoms. The molecule has 0 amide bonds. The van der Waals surface area contributed by atoms with Crippen molar-refractivity contribution >= 4 is 11.3 Å². The van der Waals surface area contributed by atoms with E-state index in [-0.39, 0.29) is 11.6 Å². The van der Waals surface area contributed by atoms with Crippen LogP contribution in [0.5, 0.6) is 0 Å². The van der Waals surface area contributed by atoms with Gasteiger partial charge in [0.2, 0.25) is 0 Å². The lowest BCUT2D eigenvalue weighted by Crippen LogP contribution is -2.48. The Labute approximate surface area is 115 Å². The molecule has 2 rings (SSSR count). The Morgan fingerprint density at radius 3 is 2.28 bits per heavy atom. The summed E-state index contributed by atoms with van der Waals surface area (Å²) in [7, 11) is 0. The molecule has 1 aliphatic rings. The van der Waals surface area contributed by atoms with Gasteiger partial charge in [-0.3, -0.25) is 4.90 Å². The molecule has 1 saturated heterocycles. The molecule has 0 saturated carbocycles. The molecule has 1 aromatic heterocycles. The summed E-state index contributed by atoms with van der Waals surface area (Å²) >= 11 is 1.72. The Balaban J connectivity index is 2.13. The molecule has 0 spiro atoms. The van der Waals surface area contributed by atoms with Gasteiger partial charge in [0, 0.05) is 15.3 Å². The monoisotopic (exact) mass is 267 g/mol. The fraction of sp³-hybridized carbons (Fsp3) is 0.733. The normalized spacial score (nSPS) is 20.7. The molecule has 1 unspecified atom stereocenters. The highest BCUT2D eigenvalue weighted by Crippen LogP contribution is 2.35. The third kappa shape index (κ3) is 2.95. The Morgan fingerprint density at radius 2 is 1.78 bits per heavy atom. The molecular formula is C15H25NOS. The van der Waals surface area contributed by atoms with E-state index in [2.05, 4.69) is 37.8 Å². The van der Waals surface area contributed by atoms with Crippen LogP contribution in [0, 0.1) is 6.92 Å². The number of nitrogens with zero attached hydrogens (tertiary/aromatic N) is 1. The molecule has 1 atom stereocenters. The van der Waals surface area contributed by atoms with Crippen LogP contribution in [-0.4, -0.2) is 28.6 Å². The second kappa shape index (κ2) is 5.72. The maximum absolute atomic E-state index is 10.7. The second-order valence-corrected chi connectivity index (χ2v) is 7.23. The summed E-state index contributed by atoms with van der Waals surface area (Å²) < 4.78 is 0. The number of aliphatic hydroxyl groups is 1. The Bertz CT molecular complexity index is 378. The highest BCUT2D eigenvalue weighted by Gasteiger charge is 2.35. The lowest BCUT2D eigenvalue weighted by atomic mass is 9.93. The summed E-state index contributed by atoms with van der Waals surface area (Å²) in [5.74, 6) is 0. The Morgan fingerprint density at radius 1 is 1.17 bits per heavy atom. The van der Waals surface area contributed by atoms with Gasteiger partial charge in [-0.25, -0.2) is 0 Å². The molecule has 3 heteroatoms. The van der Waals surface area contributed by atoms with E-state index in [1.54, 1.807) is 11.3 Å². The lowest BCUT2D eigenvalue weighted by molar-refractivity contribution is -0.00802. The summed E-state index contributed by atoms with van der Waals surface area (Å²) in [5, 5.41) is 10.7. The van der Waals surface area contributed by atoms with E-state index in [9.17, 15) is 5.11 Å². The molecule has 0 aromatic carbocycles.